The van der Waals surface area contributed by atoms with Crippen molar-refractivity contribution in [3.8, 4) is 11.4 Å². The van der Waals surface area contributed by atoms with Gasteiger partial charge in [0.1, 0.15) is 5.58 Å². The van der Waals surface area contributed by atoms with E-state index in [1.54, 1.807) is 12.5 Å². The van der Waals surface area contributed by atoms with E-state index < -0.39 is 11.7 Å². The van der Waals surface area contributed by atoms with Crippen LogP contribution in [-0.2, 0) is 25.7 Å². The molecule has 2 aromatic heterocycles. The summed E-state index contributed by atoms with van der Waals surface area (Å²) in [6, 6.07) is 8.71. The highest BCUT2D eigenvalue weighted by molar-refractivity contribution is 5.81. The molecule has 8 heteroatoms. The van der Waals surface area contributed by atoms with E-state index in [4.69, 9.17) is 4.42 Å². The molecule has 5 rings (SSSR count). The van der Waals surface area contributed by atoms with Crippen molar-refractivity contribution in [1.29, 1.82) is 0 Å². The molecule has 4 aromatic rings. The van der Waals surface area contributed by atoms with Crippen molar-refractivity contribution in [1.82, 2.24) is 14.9 Å². The minimum atomic E-state index is -4.38. The van der Waals surface area contributed by atoms with E-state index >= 15 is 0 Å². The van der Waals surface area contributed by atoms with E-state index in [1.807, 2.05) is 26.0 Å². The summed E-state index contributed by atoms with van der Waals surface area (Å²) in [6.45, 7) is 5.61. The Hall–Kier alpha value is -3.52. The fourth-order valence-electron chi connectivity index (χ4n) is 4.47. The van der Waals surface area contributed by atoms with Crippen molar-refractivity contribution in [2.75, 3.05) is 6.54 Å². The average molecular weight is 465 g/mol. The van der Waals surface area contributed by atoms with Crippen LogP contribution < -0.4 is 5.43 Å². The van der Waals surface area contributed by atoms with Gasteiger partial charge in [-0.2, -0.15) is 13.2 Å². The number of alkyl halides is 3. The van der Waals surface area contributed by atoms with Crippen LogP contribution in [0.1, 0.15) is 33.5 Å². The molecule has 1 aliphatic heterocycles. The van der Waals surface area contributed by atoms with Crippen LogP contribution in [0.3, 0.4) is 0 Å². The summed E-state index contributed by atoms with van der Waals surface area (Å²) >= 11 is 0. The Labute approximate surface area is 193 Å². The average Bonchev–Trinajstić information content (AvgIpc) is 2.79. The van der Waals surface area contributed by atoms with Gasteiger partial charge in [-0.15, -0.1) is 0 Å². The van der Waals surface area contributed by atoms with Crippen LogP contribution in [0, 0.1) is 13.8 Å². The summed E-state index contributed by atoms with van der Waals surface area (Å²) in [5.41, 5.74) is 4.79. The van der Waals surface area contributed by atoms with Gasteiger partial charge >= 0.3 is 6.18 Å². The lowest BCUT2D eigenvalue weighted by molar-refractivity contribution is -0.137. The standard InChI is InChI=1S/C26H22F3N3O2/c1-15-9-16(2)23-22(10-15)34-14-19(24(23)33)13-32-8-7-21-18(12-32)11-30-25(31-21)17-3-5-20(6-4-17)26(27,28)29/h3-6,9-11,14H,7-8,12-13H2,1-2H3. The van der Waals surface area contributed by atoms with Crippen molar-refractivity contribution in [2.45, 2.75) is 39.5 Å². The first-order valence-corrected chi connectivity index (χ1v) is 11.0. The number of aryl methyl sites for hydroxylation is 2. The van der Waals surface area contributed by atoms with E-state index in [0.717, 1.165) is 34.5 Å². The molecule has 0 N–H and O–H groups in total. The molecular formula is C26H22F3N3O2. The smallest absolute Gasteiger partial charge is 0.416 e. The third-order valence-electron chi connectivity index (χ3n) is 6.17. The molecule has 1 aliphatic rings. The number of hydrogen-bond donors (Lipinski definition) is 0. The van der Waals surface area contributed by atoms with Gasteiger partial charge in [0, 0.05) is 48.9 Å². The topological polar surface area (TPSA) is 59.2 Å². The highest BCUT2D eigenvalue weighted by Crippen LogP contribution is 2.31. The first-order valence-electron chi connectivity index (χ1n) is 11.0. The summed E-state index contributed by atoms with van der Waals surface area (Å²) < 4.78 is 44.2. The van der Waals surface area contributed by atoms with Gasteiger partial charge in [0.25, 0.3) is 0 Å². The molecular weight excluding hydrogens is 443 g/mol. The Morgan fingerprint density at radius 1 is 1.12 bits per heavy atom. The van der Waals surface area contributed by atoms with Crippen LogP contribution in [0.25, 0.3) is 22.4 Å². The maximum atomic E-state index is 13.1. The van der Waals surface area contributed by atoms with E-state index in [2.05, 4.69) is 14.9 Å². The van der Waals surface area contributed by atoms with E-state index in [-0.39, 0.29) is 5.43 Å². The van der Waals surface area contributed by atoms with Gasteiger partial charge < -0.3 is 4.42 Å². The third-order valence-corrected chi connectivity index (χ3v) is 6.17. The Kier molecular flexibility index (Phi) is 5.48. The van der Waals surface area contributed by atoms with Crippen molar-refractivity contribution in [3.63, 3.8) is 0 Å². The third kappa shape index (κ3) is 4.21. The second kappa shape index (κ2) is 8.36. The van der Waals surface area contributed by atoms with E-state index in [1.165, 1.54) is 12.1 Å². The highest BCUT2D eigenvalue weighted by Gasteiger charge is 2.30. The summed E-state index contributed by atoms with van der Waals surface area (Å²) in [5, 5.41) is 0.616. The number of rotatable bonds is 3. The molecule has 3 heterocycles. The van der Waals surface area contributed by atoms with Crippen molar-refractivity contribution in [2.24, 2.45) is 0 Å². The molecule has 0 saturated heterocycles. The Morgan fingerprint density at radius 2 is 1.88 bits per heavy atom. The predicted octanol–water partition coefficient (Wildman–Crippen LogP) is 5.44. The molecule has 0 atom stereocenters. The number of benzene rings is 2. The highest BCUT2D eigenvalue weighted by atomic mass is 19.4. The van der Waals surface area contributed by atoms with Crippen LogP contribution in [0.2, 0.25) is 0 Å². The van der Waals surface area contributed by atoms with Gasteiger partial charge in [0.05, 0.1) is 22.9 Å². The van der Waals surface area contributed by atoms with E-state index in [0.29, 0.717) is 54.0 Å². The molecule has 34 heavy (non-hydrogen) atoms. The van der Waals surface area contributed by atoms with Gasteiger partial charge in [0.15, 0.2) is 11.3 Å². The second-order valence-electron chi connectivity index (χ2n) is 8.75. The Balaban J connectivity index is 1.35. The van der Waals surface area contributed by atoms with Gasteiger partial charge in [-0.05, 0) is 43.2 Å². The van der Waals surface area contributed by atoms with Gasteiger partial charge in [-0.25, -0.2) is 9.97 Å². The van der Waals surface area contributed by atoms with Crippen LogP contribution in [0.4, 0.5) is 13.2 Å². The fourth-order valence-corrected chi connectivity index (χ4v) is 4.47. The first kappa shape index (κ1) is 22.3. The molecule has 0 aliphatic carbocycles. The molecule has 0 amide bonds. The maximum absolute atomic E-state index is 13.1. The fraction of sp³-hybridized carbons (Fsp3) is 0.269. The quantitative estimate of drug-likeness (QED) is 0.403. The minimum Gasteiger partial charge on any atom is -0.464 e. The number of halogens is 3. The van der Waals surface area contributed by atoms with Gasteiger partial charge in [-0.3, -0.25) is 9.69 Å². The molecule has 0 spiro atoms. The molecule has 0 unspecified atom stereocenters. The zero-order valence-corrected chi connectivity index (χ0v) is 18.7. The zero-order valence-electron chi connectivity index (χ0n) is 18.7. The summed E-state index contributed by atoms with van der Waals surface area (Å²) in [6.07, 6.45) is -0.457. The van der Waals surface area contributed by atoms with Crippen LogP contribution in [0.15, 0.2) is 58.1 Å². The first-order chi connectivity index (χ1) is 16.2. The monoisotopic (exact) mass is 465 g/mol. The lowest BCUT2D eigenvalue weighted by Gasteiger charge is -2.27. The molecule has 174 valence electrons. The SMILES string of the molecule is Cc1cc(C)c2c(=O)c(CN3CCc4nc(-c5ccc(C(F)(F)F)cc5)ncc4C3)coc2c1. The van der Waals surface area contributed by atoms with Gasteiger partial charge in [-0.1, -0.05) is 18.2 Å². The second-order valence-corrected chi connectivity index (χ2v) is 8.75. The Bertz CT molecular complexity index is 1440. The largest absolute Gasteiger partial charge is 0.464 e. The zero-order chi connectivity index (χ0) is 24.0. The minimum absolute atomic E-state index is 0.0153. The van der Waals surface area contributed by atoms with Crippen molar-refractivity contribution < 1.29 is 17.6 Å². The van der Waals surface area contributed by atoms with Crippen LogP contribution >= 0.6 is 0 Å². The van der Waals surface area contributed by atoms with Gasteiger partial charge in [0.2, 0.25) is 0 Å². The number of fused-ring (bicyclic) bond motifs is 2. The van der Waals surface area contributed by atoms with Crippen molar-refractivity contribution in [3.05, 3.63) is 92.6 Å². The number of hydrogen-bond acceptors (Lipinski definition) is 5. The summed E-state index contributed by atoms with van der Waals surface area (Å²) in [4.78, 5) is 24.2. The van der Waals surface area contributed by atoms with Crippen LogP contribution in [-0.4, -0.2) is 21.4 Å². The molecule has 5 nitrogen and oxygen atoms in total. The maximum Gasteiger partial charge on any atom is 0.416 e. The molecule has 0 fully saturated rings. The van der Waals surface area contributed by atoms with Crippen LogP contribution in [0.5, 0.6) is 0 Å². The lowest BCUT2D eigenvalue weighted by Crippen LogP contribution is -2.32. The normalized spacial score (nSPS) is 14.4. The molecule has 0 bridgehead atoms. The van der Waals surface area contributed by atoms with Crippen molar-refractivity contribution >= 4 is 11.0 Å². The molecule has 0 radical (unpaired) electrons. The number of nitrogens with zero attached hydrogens (tertiary/aromatic N) is 3. The Morgan fingerprint density at radius 3 is 2.62 bits per heavy atom. The summed E-state index contributed by atoms with van der Waals surface area (Å²) in [7, 11) is 0. The molecule has 2 aromatic carbocycles. The predicted molar refractivity (Wildman–Crippen MR) is 122 cm³/mol. The summed E-state index contributed by atoms with van der Waals surface area (Å²) in [5.74, 6) is 0.405. The van der Waals surface area contributed by atoms with E-state index in [9.17, 15) is 18.0 Å². The lowest BCUT2D eigenvalue weighted by atomic mass is 10.0. The number of aromatic nitrogens is 2. The molecule has 0 saturated carbocycles.